The standard InChI is InChI=1S/C22H24N4O2/c1-22(2,3)16-5-7-18(8-6-16)26-21-23-13-15(14-24-21)20(27)25-17-9-11-19(28-4)12-10-17/h5-14H,1-4H3,(H,25,27)(H,23,24,26). The molecule has 0 bridgehead atoms. The van der Waals surface area contributed by atoms with Crippen molar-refractivity contribution in [2.24, 2.45) is 0 Å². The van der Waals surface area contributed by atoms with E-state index < -0.39 is 0 Å². The average molecular weight is 376 g/mol. The van der Waals surface area contributed by atoms with Gasteiger partial charge in [-0.1, -0.05) is 32.9 Å². The number of amides is 1. The van der Waals surface area contributed by atoms with Gasteiger partial charge in [0.05, 0.1) is 12.7 Å². The van der Waals surface area contributed by atoms with Crippen LogP contribution in [0.5, 0.6) is 5.75 Å². The van der Waals surface area contributed by atoms with Crippen molar-refractivity contribution < 1.29 is 9.53 Å². The molecule has 28 heavy (non-hydrogen) atoms. The van der Waals surface area contributed by atoms with Crippen molar-refractivity contribution in [3.8, 4) is 5.75 Å². The van der Waals surface area contributed by atoms with Crippen LogP contribution in [0.2, 0.25) is 0 Å². The summed E-state index contributed by atoms with van der Waals surface area (Å²) in [6.07, 6.45) is 3.00. The van der Waals surface area contributed by atoms with Crippen molar-refractivity contribution in [1.29, 1.82) is 0 Å². The van der Waals surface area contributed by atoms with Crippen molar-refractivity contribution in [2.45, 2.75) is 26.2 Å². The Labute approximate surface area is 165 Å². The molecule has 0 saturated heterocycles. The Kier molecular flexibility index (Phi) is 5.59. The summed E-state index contributed by atoms with van der Waals surface area (Å²) >= 11 is 0. The highest BCUT2D eigenvalue weighted by Gasteiger charge is 2.13. The Balaban J connectivity index is 1.63. The Bertz CT molecular complexity index is 928. The third-order valence-corrected chi connectivity index (χ3v) is 4.27. The summed E-state index contributed by atoms with van der Waals surface area (Å²) in [4.78, 5) is 20.8. The highest BCUT2D eigenvalue weighted by molar-refractivity contribution is 6.03. The number of nitrogens with one attached hydrogen (secondary N) is 2. The maximum Gasteiger partial charge on any atom is 0.258 e. The molecule has 0 atom stereocenters. The van der Waals surface area contributed by atoms with Crippen molar-refractivity contribution in [1.82, 2.24) is 9.97 Å². The monoisotopic (exact) mass is 376 g/mol. The van der Waals surface area contributed by atoms with E-state index in [9.17, 15) is 4.79 Å². The van der Waals surface area contributed by atoms with Crippen LogP contribution in [-0.2, 0) is 5.41 Å². The number of hydrogen-bond acceptors (Lipinski definition) is 5. The normalized spacial score (nSPS) is 11.0. The van der Waals surface area contributed by atoms with Gasteiger partial charge < -0.3 is 15.4 Å². The second-order valence-electron chi connectivity index (χ2n) is 7.43. The lowest BCUT2D eigenvalue weighted by molar-refractivity contribution is 0.102. The van der Waals surface area contributed by atoms with E-state index in [0.717, 1.165) is 11.4 Å². The Hall–Kier alpha value is -3.41. The molecule has 0 saturated carbocycles. The molecule has 0 aliphatic heterocycles. The van der Waals surface area contributed by atoms with Crippen LogP contribution in [0.3, 0.4) is 0 Å². The molecule has 1 aromatic heterocycles. The van der Waals surface area contributed by atoms with Crippen LogP contribution in [0.4, 0.5) is 17.3 Å². The fraction of sp³-hybridized carbons (Fsp3) is 0.227. The first-order chi connectivity index (χ1) is 13.3. The number of anilines is 3. The van der Waals surface area contributed by atoms with E-state index in [2.05, 4.69) is 53.5 Å². The second kappa shape index (κ2) is 8.08. The number of methoxy groups -OCH3 is 1. The van der Waals surface area contributed by atoms with Gasteiger partial charge in [-0.25, -0.2) is 9.97 Å². The first kappa shape index (κ1) is 19.4. The predicted molar refractivity (Wildman–Crippen MR) is 111 cm³/mol. The fourth-order valence-electron chi connectivity index (χ4n) is 2.57. The molecule has 6 heteroatoms. The van der Waals surface area contributed by atoms with Gasteiger partial charge in [-0.05, 0) is 47.4 Å². The van der Waals surface area contributed by atoms with Gasteiger partial charge in [-0.2, -0.15) is 0 Å². The van der Waals surface area contributed by atoms with Crippen molar-refractivity contribution in [3.63, 3.8) is 0 Å². The smallest absolute Gasteiger partial charge is 0.258 e. The first-order valence-corrected chi connectivity index (χ1v) is 9.00. The maximum absolute atomic E-state index is 12.3. The molecule has 3 aromatic rings. The number of nitrogens with zero attached hydrogens (tertiary/aromatic N) is 2. The molecule has 0 aliphatic carbocycles. The molecule has 3 rings (SSSR count). The van der Waals surface area contributed by atoms with Crippen LogP contribution in [0, 0.1) is 0 Å². The molecule has 2 N–H and O–H groups in total. The van der Waals surface area contributed by atoms with Gasteiger partial charge in [-0.15, -0.1) is 0 Å². The molecule has 6 nitrogen and oxygen atoms in total. The minimum atomic E-state index is -0.272. The molecule has 144 valence electrons. The second-order valence-corrected chi connectivity index (χ2v) is 7.43. The third-order valence-electron chi connectivity index (χ3n) is 4.27. The number of hydrogen-bond donors (Lipinski definition) is 2. The van der Waals surface area contributed by atoms with Crippen molar-refractivity contribution in [2.75, 3.05) is 17.7 Å². The van der Waals surface area contributed by atoms with E-state index in [1.165, 1.54) is 18.0 Å². The Morgan fingerprint density at radius 1 is 0.893 bits per heavy atom. The van der Waals surface area contributed by atoms with Gasteiger partial charge in [0.2, 0.25) is 5.95 Å². The zero-order valence-corrected chi connectivity index (χ0v) is 16.5. The molecular weight excluding hydrogens is 352 g/mol. The highest BCUT2D eigenvalue weighted by atomic mass is 16.5. The van der Waals surface area contributed by atoms with Gasteiger partial charge >= 0.3 is 0 Å². The largest absolute Gasteiger partial charge is 0.497 e. The summed E-state index contributed by atoms with van der Waals surface area (Å²) in [7, 11) is 1.60. The number of carbonyl (C=O) groups excluding carboxylic acids is 1. The molecule has 0 aliphatic rings. The molecular formula is C22H24N4O2. The van der Waals surface area contributed by atoms with Gasteiger partial charge in [0.1, 0.15) is 5.75 Å². The van der Waals surface area contributed by atoms with E-state index in [0.29, 0.717) is 17.2 Å². The summed E-state index contributed by atoms with van der Waals surface area (Å²) in [5.74, 6) is 0.892. The number of carbonyl (C=O) groups is 1. The van der Waals surface area contributed by atoms with E-state index in [4.69, 9.17) is 4.74 Å². The highest BCUT2D eigenvalue weighted by Crippen LogP contribution is 2.24. The van der Waals surface area contributed by atoms with Gasteiger partial charge in [0, 0.05) is 23.8 Å². The SMILES string of the molecule is COc1ccc(NC(=O)c2cnc(Nc3ccc(C(C)(C)C)cc3)nc2)cc1. The van der Waals surface area contributed by atoms with E-state index >= 15 is 0 Å². The van der Waals surface area contributed by atoms with E-state index in [1.54, 1.807) is 31.4 Å². The lowest BCUT2D eigenvalue weighted by Crippen LogP contribution is -2.13. The summed E-state index contributed by atoms with van der Waals surface area (Å²) in [6, 6.07) is 15.3. The molecule has 0 spiro atoms. The quantitative estimate of drug-likeness (QED) is 0.670. The van der Waals surface area contributed by atoms with Crippen molar-refractivity contribution >= 4 is 23.2 Å². The Morgan fingerprint density at radius 2 is 1.46 bits per heavy atom. The number of benzene rings is 2. The number of aromatic nitrogens is 2. The number of rotatable bonds is 5. The fourth-order valence-corrected chi connectivity index (χ4v) is 2.57. The molecule has 2 aromatic carbocycles. The van der Waals surface area contributed by atoms with Crippen LogP contribution in [-0.4, -0.2) is 23.0 Å². The lowest BCUT2D eigenvalue weighted by atomic mass is 9.87. The average Bonchev–Trinajstić information content (AvgIpc) is 2.69. The zero-order valence-electron chi connectivity index (χ0n) is 16.5. The molecule has 0 radical (unpaired) electrons. The Morgan fingerprint density at radius 3 is 2.00 bits per heavy atom. The third kappa shape index (κ3) is 4.85. The summed E-state index contributed by atoms with van der Waals surface area (Å²) < 4.78 is 5.10. The van der Waals surface area contributed by atoms with Crippen LogP contribution >= 0.6 is 0 Å². The van der Waals surface area contributed by atoms with Gasteiger partial charge in [0.25, 0.3) is 5.91 Å². The predicted octanol–water partition coefficient (Wildman–Crippen LogP) is 4.78. The van der Waals surface area contributed by atoms with E-state index in [1.807, 2.05) is 12.1 Å². The maximum atomic E-state index is 12.3. The van der Waals surface area contributed by atoms with Crippen LogP contribution < -0.4 is 15.4 Å². The van der Waals surface area contributed by atoms with Crippen LogP contribution in [0.1, 0.15) is 36.7 Å². The zero-order chi connectivity index (χ0) is 20.1. The van der Waals surface area contributed by atoms with Crippen molar-refractivity contribution in [3.05, 3.63) is 72.1 Å². The molecule has 0 unspecified atom stereocenters. The summed E-state index contributed by atoms with van der Waals surface area (Å²) in [5, 5.41) is 5.95. The van der Waals surface area contributed by atoms with Gasteiger partial charge in [-0.3, -0.25) is 4.79 Å². The van der Waals surface area contributed by atoms with Crippen LogP contribution in [0.25, 0.3) is 0 Å². The van der Waals surface area contributed by atoms with Gasteiger partial charge in [0.15, 0.2) is 0 Å². The molecule has 1 heterocycles. The summed E-state index contributed by atoms with van der Waals surface area (Å²) in [6.45, 7) is 6.52. The van der Waals surface area contributed by atoms with E-state index in [-0.39, 0.29) is 11.3 Å². The first-order valence-electron chi connectivity index (χ1n) is 9.00. The van der Waals surface area contributed by atoms with Crippen LogP contribution in [0.15, 0.2) is 60.9 Å². The minimum Gasteiger partial charge on any atom is -0.497 e. The topological polar surface area (TPSA) is 76.1 Å². The molecule has 1 amide bonds. The molecule has 0 fully saturated rings. The summed E-state index contributed by atoms with van der Waals surface area (Å²) in [5.41, 5.74) is 3.30. The lowest BCUT2D eigenvalue weighted by Gasteiger charge is -2.19. The number of ether oxygens (including phenoxy) is 1. The minimum absolute atomic E-state index is 0.105.